The normalized spacial score (nSPS) is 16.2. The second-order valence-corrected chi connectivity index (χ2v) is 5.39. The van der Waals surface area contributed by atoms with Crippen molar-refractivity contribution in [2.45, 2.75) is 26.2 Å². The number of pyridine rings is 1. The first-order valence-corrected chi connectivity index (χ1v) is 6.29. The van der Waals surface area contributed by atoms with E-state index in [1.165, 1.54) is 24.8 Å². The predicted molar refractivity (Wildman–Crippen MR) is 67.3 cm³/mol. The molecule has 0 aromatic carbocycles. The van der Waals surface area contributed by atoms with E-state index < -0.39 is 0 Å². The summed E-state index contributed by atoms with van der Waals surface area (Å²) in [6.45, 7) is 3.26. The van der Waals surface area contributed by atoms with Crippen molar-refractivity contribution < 1.29 is 0 Å². The van der Waals surface area contributed by atoms with Crippen LogP contribution in [0.15, 0.2) is 16.7 Å². The SMILES string of the molecule is Cc1cc(Br)cnc1N(C)CC1CCC1. The third-order valence-electron chi connectivity index (χ3n) is 3.14. The summed E-state index contributed by atoms with van der Waals surface area (Å²) >= 11 is 3.44. The Balaban J connectivity index is 2.06. The van der Waals surface area contributed by atoms with Gasteiger partial charge >= 0.3 is 0 Å². The van der Waals surface area contributed by atoms with Crippen molar-refractivity contribution in [1.29, 1.82) is 0 Å². The molecule has 0 amide bonds. The molecule has 1 saturated carbocycles. The molecule has 0 radical (unpaired) electrons. The van der Waals surface area contributed by atoms with Gasteiger partial charge in [-0.3, -0.25) is 0 Å². The molecule has 1 aliphatic rings. The highest BCUT2D eigenvalue weighted by molar-refractivity contribution is 9.10. The highest BCUT2D eigenvalue weighted by Crippen LogP contribution is 2.29. The summed E-state index contributed by atoms with van der Waals surface area (Å²) in [7, 11) is 2.14. The number of nitrogens with zero attached hydrogens (tertiary/aromatic N) is 2. The van der Waals surface area contributed by atoms with Crippen LogP contribution in [0.4, 0.5) is 5.82 Å². The number of halogens is 1. The third-order valence-corrected chi connectivity index (χ3v) is 3.57. The molecule has 2 nitrogen and oxygen atoms in total. The quantitative estimate of drug-likeness (QED) is 0.836. The van der Waals surface area contributed by atoms with Crippen molar-refractivity contribution in [3.63, 3.8) is 0 Å². The topological polar surface area (TPSA) is 16.1 Å². The molecule has 1 fully saturated rings. The lowest BCUT2D eigenvalue weighted by molar-refractivity contribution is 0.321. The smallest absolute Gasteiger partial charge is 0.131 e. The van der Waals surface area contributed by atoms with Crippen LogP contribution in [0.5, 0.6) is 0 Å². The van der Waals surface area contributed by atoms with Gasteiger partial charge in [0.05, 0.1) is 0 Å². The molecule has 0 N–H and O–H groups in total. The van der Waals surface area contributed by atoms with Gasteiger partial charge in [0.25, 0.3) is 0 Å². The molecule has 1 aliphatic carbocycles. The summed E-state index contributed by atoms with van der Waals surface area (Å²) in [5, 5.41) is 0. The molecule has 0 atom stereocenters. The second-order valence-electron chi connectivity index (χ2n) is 4.47. The lowest BCUT2D eigenvalue weighted by Gasteiger charge is -2.31. The van der Waals surface area contributed by atoms with Crippen LogP contribution in [-0.2, 0) is 0 Å². The summed E-state index contributed by atoms with van der Waals surface area (Å²) in [6, 6.07) is 2.12. The van der Waals surface area contributed by atoms with Crippen LogP contribution < -0.4 is 4.90 Å². The number of aromatic nitrogens is 1. The van der Waals surface area contributed by atoms with Crippen LogP contribution >= 0.6 is 15.9 Å². The molecule has 3 heteroatoms. The van der Waals surface area contributed by atoms with Gasteiger partial charge in [0.2, 0.25) is 0 Å². The number of rotatable bonds is 3. The average molecular weight is 269 g/mol. The Hall–Kier alpha value is -0.570. The summed E-state index contributed by atoms with van der Waals surface area (Å²) in [5.41, 5.74) is 1.24. The van der Waals surface area contributed by atoms with Gasteiger partial charge < -0.3 is 4.90 Å². The molecular weight excluding hydrogens is 252 g/mol. The summed E-state index contributed by atoms with van der Waals surface area (Å²) in [4.78, 5) is 6.75. The fourth-order valence-electron chi connectivity index (χ4n) is 2.08. The van der Waals surface area contributed by atoms with Gasteiger partial charge in [-0.2, -0.15) is 0 Å². The molecule has 0 aliphatic heterocycles. The predicted octanol–water partition coefficient (Wildman–Crippen LogP) is 3.39. The zero-order valence-electron chi connectivity index (χ0n) is 9.33. The number of hydrogen-bond donors (Lipinski definition) is 0. The van der Waals surface area contributed by atoms with Crippen molar-refractivity contribution >= 4 is 21.7 Å². The molecule has 1 aromatic rings. The van der Waals surface area contributed by atoms with Crippen LogP contribution in [-0.4, -0.2) is 18.6 Å². The molecule has 1 heterocycles. The number of anilines is 1. The summed E-state index contributed by atoms with van der Waals surface area (Å²) in [6.07, 6.45) is 6.06. The lowest BCUT2D eigenvalue weighted by atomic mass is 9.85. The Morgan fingerprint density at radius 3 is 2.80 bits per heavy atom. The van der Waals surface area contributed by atoms with Gasteiger partial charge in [0, 0.05) is 24.3 Å². The first-order valence-electron chi connectivity index (χ1n) is 5.50. The minimum atomic E-state index is 0.889. The van der Waals surface area contributed by atoms with E-state index in [9.17, 15) is 0 Å². The zero-order valence-corrected chi connectivity index (χ0v) is 10.9. The fourth-order valence-corrected chi connectivity index (χ4v) is 2.53. The molecule has 2 rings (SSSR count). The molecule has 0 saturated heterocycles. The van der Waals surface area contributed by atoms with E-state index in [0.717, 1.165) is 22.8 Å². The molecule has 82 valence electrons. The van der Waals surface area contributed by atoms with Crippen LogP contribution in [0.25, 0.3) is 0 Å². The van der Waals surface area contributed by atoms with Gasteiger partial charge in [-0.05, 0) is 53.2 Å². The Morgan fingerprint density at radius 2 is 2.27 bits per heavy atom. The van der Waals surface area contributed by atoms with E-state index in [2.05, 4.69) is 45.9 Å². The van der Waals surface area contributed by atoms with Crippen molar-refractivity contribution in [2.24, 2.45) is 5.92 Å². The molecular formula is C12H17BrN2. The first kappa shape index (κ1) is 10.9. The maximum Gasteiger partial charge on any atom is 0.131 e. The van der Waals surface area contributed by atoms with E-state index in [4.69, 9.17) is 0 Å². The van der Waals surface area contributed by atoms with Crippen LogP contribution in [0.1, 0.15) is 24.8 Å². The largest absolute Gasteiger partial charge is 0.359 e. The van der Waals surface area contributed by atoms with E-state index in [1.807, 2.05) is 6.20 Å². The van der Waals surface area contributed by atoms with E-state index in [1.54, 1.807) is 0 Å². The minimum Gasteiger partial charge on any atom is -0.359 e. The minimum absolute atomic E-state index is 0.889. The Bertz CT molecular complexity index is 347. The van der Waals surface area contributed by atoms with Gasteiger partial charge in [-0.1, -0.05) is 6.42 Å². The second kappa shape index (κ2) is 4.52. The fraction of sp³-hybridized carbons (Fsp3) is 0.583. The van der Waals surface area contributed by atoms with Gasteiger partial charge in [-0.15, -0.1) is 0 Å². The van der Waals surface area contributed by atoms with Gasteiger partial charge in [0.1, 0.15) is 5.82 Å². The molecule has 15 heavy (non-hydrogen) atoms. The molecule has 1 aromatic heterocycles. The lowest BCUT2D eigenvalue weighted by Crippen LogP contribution is -2.30. The van der Waals surface area contributed by atoms with Crippen LogP contribution in [0.3, 0.4) is 0 Å². The highest BCUT2D eigenvalue weighted by Gasteiger charge is 2.20. The first-order chi connectivity index (χ1) is 7.16. The Kier molecular flexibility index (Phi) is 3.29. The number of aryl methyl sites for hydroxylation is 1. The van der Waals surface area contributed by atoms with Crippen LogP contribution in [0, 0.1) is 12.8 Å². The standard InChI is InChI=1S/C12H17BrN2/c1-9-6-11(13)7-14-12(9)15(2)8-10-4-3-5-10/h6-7,10H,3-5,8H2,1-2H3. The Labute approximate surface area is 99.8 Å². The monoisotopic (exact) mass is 268 g/mol. The maximum atomic E-state index is 4.47. The zero-order chi connectivity index (χ0) is 10.8. The van der Waals surface area contributed by atoms with Gasteiger partial charge in [-0.25, -0.2) is 4.98 Å². The molecule has 0 bridgehead atoms. The van der Waals surface area contributed by atoms with Crippen molar-refractivity contribution in [1.82, 2.24) is 4.98 Å². The number of hydrogen-bond acceptors (Lipinski definition) is 2. The van der Waals surface area contributed by atoms with E-state index in [0.29, 0.717) is 0 Å². The molecule has 0 unspecified atom stereocenters. The van der Waals surface area contributed by atoms with E-state index >= 15 is 0 Å². The summed E-state index contributed by atoms with van der Waals surface area (Å²) in [5.74, 6) is 2.00. The summed E-state index contributed by atoms with van der Waals surface area (Å²) < 4.78 is 1.06. The van der Waals surface area contributed by atoms with E-state index in [-0.39, 0.29) is 0 Å². The van der Waals surface area contributed by atoms with Gasteiger partial charge in [0.15, 0.2) is 0 Å². The molecule has 0 spiro atoms. The van der Waals surface area contributed by atoms with Crippen molar-refractivity contribution in [2.75, 3.05) is 18.5 Å². The Morgan fingerprint density at radius 1 is 1.53 bits per heavy atom. The van der Waals surface area contributed by atoms with Crippen molar-refractivity contribution in [3.05, 3.63) is 22.3 Å². The highest BCUT2D eigenvalue weighted by atomic mass is 79.9. The third kappa shape index (κ3) is 2.51. The maximum absolute atomic E-state index is 4.47. The van der Waals surface area contributed by atoms with Crippen molar-refractivity contribution in [3.8, 4) is 0 Å². The average Bonchev–Trinajstić information content (AvgIpc) is 2.11. The van der Waals surface area contributed by atoms with Crippen LogP contribution in [0.2, 0.25) is 0 Å².